The second-order valence-electron chi connectivity index (χ2n) is 7.16. The monoisotopic (exact) mass is 451 g/mol. The van der Waals surface area contributed by atoms with E-state index in [-0.39, 0.29) is 44.9 Å². The number of benzene rings is 1. The number of hydrogen-bond acceptors (Lipinski definition) is 6. The Morgan fingerprint density at radius 2 is 1.63 bits per heavy atom. The molecule has 0 unspecified atom stereocenters. The summed E-state index contributed by atoms with van der Waals surface area (Å²) in [6.07, 6.45) is 0. The summed E-state index contributed by atoms with van der Waals surface area (Å²) in [4.78, 5) is 38.2. The maximum absolute atomic E-state index is 12.3. The fourth-order valence-corrected chi connectivity index (χ4v) is 3.30. The summed E-state index contributed by atoms with van der Waals surface area (Å²) in [6.45, 7) is 7.25. The molecule has 0 spiro atoms. The highest BCUT2D eigenvalue weighted by Gasteiger charge is 2.18. The molecule has 0 saturated carbocycles. The van der Waals surface area contributed by atoms with Crippen LogP contribution in [0.25, 0.3) is 11.3 Å². The van der Waals surface area contributed by atoms with E-state index in [0.29, 0.717) is 11.1 Å². The van der Waals surface area contributed by atoms with Crippen molar-refractivity contribution in [2.24, 2.45) is 0 Å². The molecule has 0 radical (unpaired) electrons. The van der Waals surface area contributed by atoms with Crippen LogP contribution >= 0.6 is 23.2 Å². The molecule has 0 aliphatic carbocycles. The van der Waals surface area contributed by atoms with Gasteiger partial charge >= 0.3 is 5.69 Å². The van der Waals surface area contributed by atoms with Crippen molar-refractivity contribution in [3.63, 3.8) is 0 Å². The summed E-state index contributed by atoms with van der Waals surface area (Å²) in [5.74, 6) is 0.172. The van der Waals surface area contributed by atoms with E-state index in [1.165, 1.54) is 18.2 Å². The van der Waals surface area contributed by atoms with Gasteiger partial charge in [0.1, 0.15) is 0 Å². The van der Waals surface area contributed by atoms with Gasteiger partial charge in [-0.1, -0.05) is 37.0 Å². The van der Waals surface area contributed by atoms with Gasteiger partial charge in [-0.15, -0.1) is 5.10 Å². The van der Waals surface area contributed by atoms with Gasteiger partial charge in [0.25, 0.3) is 11.1 Å². The van der Waals surface area contributed by atoms with Crippen LogP contribution in [0, 0.1) is 0 Å². The smallest absolute Gasteiger partial charge is 0.345 e. The van der Waals surface area contributed by atoms with Crippen LogP contribution in [-0.4, -0.2) is 25.0 Å². The Morgan fingerprint density at radius 1 is 1.00 bits per heavy atom. The zero-order valence-electron chi connectivity index (χ0n) is 16.6. The molecule has 0 saturated heterocycles. The van der Waals surface area contributed by atoms with Crippen molar-refractivity contribution in [1.82, 2.24) is 25.0 Å². The van der Waals surface area contributed by atoms with Gasteiger partial charge in [0, 0.05) is 17.2 Å². The summed E-state index contributed by atoms with van der Waals surface area (Å²) in [7, 11) is 0. The third kappa shape index (κ3) is 4.31. The molecule has 3 aromatic rings. The van der Waals surface area contributed by atoms with E-state index in [0.717, 1.165) is 4.68 Å². The van der Waals surface area contributed by atoms with E-state index in [4.69, 9.17) is 27.9 Å². The van der Waals surface area contributed by atoms with Gasteiger partial charge in [-0.3, -0.25) is 14.6 Å². The second-order valence-corrected chi connectivity index (χ2v) is 7.98. The van der Waals surface area contributed by atoms with Crippen LogP contribution in [0.5, 0.6) is 11.6 Å². The predicted octanol–water partition coefficient (Wildman–Crippen LogP) is 3.49. The lowest BCUT2D eigenvalue weighted by Gasteiger charge is -2.13. The van der Waals surface area contributed by atoms with Crippen molar-refractivity contribution < 1.29 is 4.74 Å². The van der Waals surface area contributed by atoms with Crippen molar-refractivity contribution in [3.05, 3.63) is 65.0 Å². The molecule has 2 aromatic heterocycles. The molecule has 0 fully saturated rings. The molecule has 158 valence electrons. The molecule has 3 rings (SSSR count). The van der Waals surface area contributed by atoms with Crippen LogP contribution in [0.3, 0.4) is 0 Å². The average molecular weight is 452 g/mol. The number of aromatic nitrogens is 5. The Hall–Kier alpha value is -2.91. The van der Waals surface area contributed by atoms with E-state index in [9.17, 15) is 14.4 Å². The molecule has 2 heterocycles. The minimum absolute atomic E-state index is 0.0112. The zero-order chi connectivity index (χ0) is 22.2. The molecule has 30 heavy (non-hydrogen) atoms. The summed E-state index contributed by atoms with van der Waals surface area (Å²) in [5.41, 5.74) is -0.790. The van der Waals surface area contributed by atoms with Crippen LogP contribution in [0.1, 0.15) is 45.2 Å². The van der Waals surface area contributed by atoms with E-state index in [2.05, 4.69) is 20.3 Å². The number of hydrogen-bond donors (Lipinski definition) is 2. The van der Waals surface area contributed by atoms with Crippen LogP contribution in [0.4, 0.5) is 0 Å². The molecular formula is C19H19Cl2N5O4. The first-order valence-electron chi connectivity index (χ1n) is 9.08. The lowest BCUT2D eigenvalue weighted by molar-refractivity contribution is 0.452. The molecular weight excluding hydrogens is 433 g/mol. The normalized spacial score (nSPS) is 11.3. The van der Waals surface area contributed by atoms with Crippen molar-refractivity contribution >= 4 is 23.2 Å². The lowest BCUT2D eigenvalue weighted by Crippen LogP contribution is -2.34. The number of H-pyrrole nitrogens is 2. The van der Waals surface area contributed by atoms with Crippen molar-refractivity contribution in [1.29, 1.82) is 0 Å². The van der Waals surface area contributed by atoms with Gasteiger partial charge in [0.2, 0.25) is 5.88 Å². The molecule has 0 aliphatic rings. The summed E-state index contributed by atoms with van der Waals surface area (Å²) in [6, 6.07) is 4.15. The highest BCUT2D eigenvalue weighted by molar-refractivity contribution is 6.37. The van der Waals surface area contributed by atoms with Gasteiger partial charge < -0.3 is 4.74 Å². The first-order valence-corrected chi connectivity index (χ1v) is 9.84. The van der Waals surface area contributed by atoms with Gasteiger partial charge in [0.05, 0.1) is 16.1 Å². The Morgan fingerprint density at radius 3 is 2.20 bits per heavy atom. The van der Waals surface area contributed by atoms with Gasteiger partial charge in [-0.25, -0.2) is 14.6 Å². The molecule has 0 aliphatic heterocycles. The van der Waals surface area contributed by atoms with E-state index >= 15 is 0 Å². The van der Waals surface area contributed by atoms with Gasteiger partial charge in [-0.05, 0) is 31.9 Å². The van der Waals surface area contributed by atoms with Crippen LogP contribution in [0.2, 0.25) is 10.0 Å². The molecule has 0 bridgehead atoms. The number of ether oxygens (including phenoxy) is 1. The Balaban J connectivity index is 2.05. The van der Waals surface area contributed by atoms with Crippen molar-refractivity contribution in [3.8, 4) is 22.9 Å². The number of nitrogens with one attached hydrogen (secondary N) is 2. The second kappa shape index (κ2) is 8.45. The zero-order valence-corrected chi connectivity index (χ0v) is 18.1. The fourth-order valence-electron chi connectivity index (χ4n) is 2.73. The summed E-state index contributed by atoms with van der Waals surface area (Å²) >= 11 is 12.7. The van der Waals surface area contributed by atoms with Crippen LogP contribution in [-0.2, 0) is 0 Å². The molecule has 9 nitrogen and oxygen atoms in total. The topological polar surface area (TPSA) is 123 Å². The Labute approximate surface area is 180 Å². The maximum Gasteiger partial charge on any atom is 0.345 e. The SMILES string of the molecule is CC(C)c1cc(Oc2c(Cl)cc(-c3nn(C(C)C)c(=O)[nH]c3=O)cc2Cl)n[nH]c1=O. The van der Waals surface area contributed by atoms with Crippen LogP contribution in [0.15, 0.2) is 32.6 Å². The number of halogens is 2. The molecule has 2 N–H and O–H groups in total. The fraction of sp³-hybridized carbons (Fsp3) is 0.316. The minimum Gasteiger partial charge on any atom is -0.434 e. The quantitative estimate of drug-likeness (QED) is 0.611. The number of nitrogens with zero attached hydrogens (tertiary/aromatic N) is 3. The average Bonchev–Trinajstić information content (AvgIpc) is 2.65. The standard InChI is InChI=1S/C19H19Cl2N5O4/c1-8(2)11-7-14(23-24-17(11)27)30-16-12(20)5-10(6-13(16)21)15-18(28)22-19(29)26(25-15)9(3)4/h5-9H,1-4H3,(H,24,27)(H,22,28,29). The van der Waals surface area contributed by atoms with E-state index < -0.39 is 11.2 Å². The number of rotatable bonds is 5. The minimum atomic E-state index is -0.665. The largest absolute Gasteiger partial charge is 0.434 e. The van der Waals surface area contributed by atoms with Crippen molar-refractivity contribution in [2.45, 2.75) is 39.7 Å². The highest BCUT2D eigenvalue weighted by atomic mass is 35.5. The Kier molecular flexibility index (Phi) is 6.14. The summed E-state index contributed by atoms with van der Waals surface area (Å²) < 4.78 is 6.83. The molecule has 0 atom stereocenters. The first-order chi connectivity index (χ1) is 14.1. The van der Waals surface area contributed by atoms with Gasteiger partial charge in [0.15, 0.2) is 11.4 Å². The Bertz CT molecular complexity index is 1250. The third-order valence-corrected chi connectivity index (χ3v) is 4.81. The number of aromatic amines is 2. The first kappa shape index (κ1) is 21.8. The van der Waals surface area contributed by atoms with Crippen molar-refractivity contribution in [2.75, 3.05) is 0 Å². The lowest BCUT2D eigenvalue weighted by atomic mass is 10.1. The van der Waals surface area contributed by atoms with Gasteiger partial charge in [-0.2, -0.15) is 5.10 Å². The maximum atomic E-state index is 12.3. The molecule has 1 aromatic carbocycles. The highest BCUT2D eigenvalue weighted by Crippen LogP contribution is 2.38. The predicted molar refractivity (Wildman–Crippen MR) is 114 cm³/mol. The molecule has 11 heteroatoms. The third-order valence-electron chi connectivity index (χ3n) is 4.25. The van der Waals surface area contributed by atoms with E-state index in [1.807, 2.05) is 13.8 Å². The van der Waals surface area contributed by atoms with Crippen LogP contribution < -0.4 is 21.5 Å². The van der Waals surface area contributed by atoms with E-state index in [1.54, 1.807) is 13.8 Å². The summed E-state index contributed by atoms with van der Waals surface area (Å²) in [5, 5.41) is 10.5. The molecule has 0 amide bonds.